The van der Waals surface area contributed by atoms with E-state index in [0.29, 0.717) is 32.4 Å². The molecule has 1 N–H and O–H groups in total. The quantitative estimate of drug-likeness (QED) is 0.602. The molecule has 0 bridgehead atoms. The SMILES string of the molecule is Cc1noc(C)c1CN1CCC(NC(=O)CCCc2nc3ccccc3s2)CCC1=O. The standard InChI is InChI=1S/C23H28N4O3S/c1-15-18(16(2)30-26-15)14-27-13-12-17(10-11-23(27)29)24-21(28)8-5-9-22-25-19-6-3-4-7-20(19)31-22/h3-4,6-7,17H,5,8-14H2,1-2H3,(H,24,28). The molecule has 1 aliphatic heterocycles. The van der Waals surface area contributed by atoms with Gasteiger partial charge in [0.25, 0.3) is 0 Å². The van der Waals surface area contributed by atoms with Crippen LogP contribution in [0.15, 0.2) is 28.8 Å². The maximum absolute atomic E-state index is 12.6. The van der Waals surface area contributed by atoms with Crippen LogP contribution in [0.1, 0.15) is 54.1 Å². The topological polar surface area (TPSA) is 88.3 Å². The average Bonchev–Trinajstić information content (AvgIpc) is 3.25. The van der Waals surface area contributed by atoms with Crippen molar-refractivity contribution in [2.75, 3.05) is 6.54 Å². The Kier molecular flexibility index (Phi) is 6.65. The van der Waals surface area contributed by atoms with E-state index >= 15 is 0 Å². The zero-order valence-electron chi connectivity index (χ0n) is 18.0. The van der Waals surface area contributed by atoms with E-state index in [2.05, 4.69) is 21.5 Å². The summed E-state index contributed by atoms with van der Waals surface area (Å²) in [7, 11) is 0. The van der Waals surface area contributed by atoms with Gasteiger partial charge in [-0.2, -0.15) is 0 Å². The number of nitrogens with one attached hydrogen (secondary N) is 1. The Balaban J connectivity index is 1.23. The van der Waals surface area contributed by atoms with Crippen LogP contribution in [-0.4, -0.2) is 39.4 Å². The van der Waals surface area contributed by atoms with Crippen molar-refractivity contribution in [2.45, 2.75) is 65.0 Å². The first-order chi connectivity index (χ1) is 15.0. The van der Waals surface area contributed by atoms with Gasteiger partial charge in [0, 0.05) is 31.0 Å². The van der Waals surface area contributed by atoms with Crippen LogP contribution in [0.3, 0.4) is 0 Å². The van der Waals surface area contributed by atoms with Crippen molar-refractivity contribution < 1.29 is 14.1 Å². The van der Waals surface area contributed by atoms with Crippen LogP contribution in [0.4, 0.5) is 0 Å². The summed E-state index contributed by atoms with van der Waals surface area (Å²) in [6.45, 7) is 4.91. The zero-order chi connectivity index (χ0) is 21.8. The summed E-state index contributed by atoms with van der Waals surface area (Å²) in [6, 6.07) is 8.14. The van der Waals surface area contributed by atoms with Gasteiger partial charge in [0.15, 0.2) is 0 Å². The molecule has 2 aromatic heterocycles. The summed E-state index contributed by atoms with van der Waals surface area (Å²) >= 11 is 1.69. The molecule has 1 aliphatic rings. The molecular formula is C23H28N4O3S. The third-order valence-corrected chi connectivity index (χ3v) is 6.93. The zero-order valence-corrected chi connectivity index (χ0v) is 18.8. The van der Waals surface area contributed by atoms with Gasteiger partial charge in [-0.15, -0.1) is 11.3 Å². The highest BCUT2D eigenvalue weighted by Crippen LogP contribution is 2.23. The van der Waals surface area contributed by atoms with Crippen LogP contribution >= 0.6 is 11.3 Å². The second-order valence-corrected chi connectivity index (χ2v) is 9.25. The number of nitrogens with zero attached hydrogens (tertiary/aromatic N) is 3. The number of rotatable bonds is 7. The van der Waals surface area contributed by atoms with Crippen molar-refractivity contribution in [1.29, 1.82) is 0 Å². The Morgan fingerprint density at radius 2 is 2.13 bits per heavy atom. The van der Waals surface area contributed by atoms with Crippen molar-refractivity contribution in [3.63, 3.8) is 0 Å². The fraction of sp³-hybridized carbons (Fsp3) is 0.478. The summed E-state index contributed by atoms with van der Waals surface area (Å²) < 4.78 is 6.40. The Labute approximate surface area is 185 Å². The highest BCUT2D eigenvalue weighted by atomic mass is 32.1. The molecule has 2 amide bonds. The van der Waals surface area contributed by atoms with E-state index in [1.165, 1.54) is 4.70 Å². The molecule has 1 fully saturated rings. The Bertz CT molecular complexity index is 1020. The second-order valence-electron chi connectivity index (χ2n) is 8.14. The van der Waals surface area contributed by atoms with E-state index in [1.807, 2.05) is 36.9 Å². The molecule has 1 saturated heterocycles. The maximum atomic E-state index is 12.6. The number of carbonyl (C=O) groups excluding carboxylic acids is 2. The Hall–Kier alpha value is -2.74. The van der Waals surface area contributed by atoms with Gasteiger partial charge in [-0.1, -0.05) is 17.3 Å². The predicted octanol–water partition coefficient (Wildman–Crippen LogP) is 3.92. The molecule has 0 aliphatic carbocycles. The summed E-state index contributed by atoms with van der Waals surface area (Å²) in [5.41, 5.74) is 2.83. The number of hydrogen-bond acceptors (Lipinski definition) is 6. The molecule has 7 nitrogen and oxygen atoms in total. The molecule has 0 saturated carbocycles. The molecule has 1 aromatic carbocycles. The van der Waals surface area contributed by atoms with Crippen molar-refractivity contribution >= 4 is 33.4 Å². The molecule has 4 rings (SSSR count). The third kappa shape index (κ3) is 5.31. The van der Waals surface area contributed by atoms with Gasteiger partial charge in [-0.05, 0) is 51.7 Å². The molecule has 1 atom stereocenters. The Morgan fingerprint density at radius 3 is 2.90 bits per heavy atom. The lowest BCUT2D eigenvalue weighted by Crippen LogP contribution is -2.35. The fourth-order valence-corrected chi connectivity index (χ4v) is 5.00. The number of para-hydroxylation sites is 1. The van der Waals surface area contributed by atoms with Gasteiger partial charge in [0.05, 0.1) is 27.5 Å². The molecule has 3 heterocycles. The number of hydrogen-bond donors (Lipinski definition) is 1. The van der Waals surface area contributed by atoms with Gasteiger partial charge in [0.2, 0.25) is 11.8 Å². The lowest BCUT2D eigenvalue weighted by Gasteiger charge is -2.21. The van der Waals surface area contributed by atoms with Crippen molar-refractivity contribution in [3.05, 3.63) is 46.3 Å². The number of thiazole rings is 1. The number of fused-ring (bicyclic) bond motifs is 1. The van der Waals surface area contributed by atoms with Crippen LogP contribution in [0.5, 0.6) is 0 Å². The molecule has 0 radical (unpaired) electrons. The number of carbonyl (C=O) groups is 2. The van der Waals surface area contributed by atoms with E-state index in [0.717, 1.165) is 46.8 Å². The fourth-order valence-electron chi connectivity index (χ4n) is 3.99. The van der Waals surface area contributed by atoms with Gasteiger partial charge in [-0.25, -0.2) is 4.98 Å². The monoisotopic (exact) mass is 440 g/mol. The summed E-state index contributed by atoms with van der Waals surface area (Å²) in [4.78, 5) is 31.5. The van der Waals surface area contributed by atoms with Crippen molar-refractivity contribution in [2.24, 2.45) is 0 Å². The largest absolute Gasteiger partial charge is 0.361 e. The number of benzene rings is 1. The van der Waals surface area contributed by atoms with Crippen LogP contribution in [0, 0.1) is 13.8 Å². The molecule has 1 unspecified atom stereocenters. The first kappa shape index (κ1) is 21.5. The lowest BCUT2D eigenvalue weighted by atomic mass is 10.1. The van der Waals surface area contributed by atoms with Gasteiger partial charge in [-0.3, -0.25) is 9.59 Å². The van der Waals surface area contributed by atoms with E-state index in [4.69, 9.17) is 4.52 Å². The van der Waals surface area contributed by atoms with Gasteiger partial charge in [0.1, 0.15) is 5.76 Å². The van der Waals surface area contributed by atoms with E-state index in [1.54, 1.807) is 11.3 Å². The molecule has 31 heavy (non-hydrogen) atoms. The summed E-state index contributed by atoms with van der Waals surface area (Å²) in [6.07, 6.45) is 3.94. The van der Waals surface area contributed by atoms with E-state index in [9.17, 15) is 9.59 Å². The average molecular weight is 441 g/mol. The number of amides is 2. The minimum absolute atomic E-state index is 0.0357. The second kappa shape index (κ2) is 9.60. The molecule has 164 valence electrons. The van der Waals surface area contributed by atoms with Crippen molar-refractivity contribution in [1.82, 2.24) is 20.4 Å². The van der Waals surface area contributed by atoms with Gasteiger partial charge < -0.3 is 14.7 Å². The summed E-state index contributed by atoms with van der Waals surface area (Å²) in [5.74, 6) is 0.929. The minimum Gasteiger partial charge on any atom is -0.361 e. The number of aromatic nitrogens is 2. The van der Waals surface area contributed by atoms with Crippen molar-refractivity contribution in [3.8, 4) is 0 Å². The normalized spacial score (nSPS) is 17.2. The van der Waals surface area contributed by atoms with Crippen LogP contribution in [0.25, 0.3) is 10.2 Å². The maximum Gasteiger partial charge on any atom is 0.222 e. The predicted molar refractivity (Wildman–Crippen MR) is 120 cm³/mol. The number of aryl methyl sites for hydroxylation is 3. The third-order valence-electron chi connectivity index (χ3n) is 5.83. The smallest absolute Gasteiger partial charge is 0.222 e. The highest BCUT2D eigenvalue weighted by molar-refractivity contribution is 7.18. The first-order valence-electron chi connectivity index (χ1n) is 10.8. The molecule has 8 heteroatoms. The lowest BCUT2D eigenvalue weighted by molar-refractivity contribution is -0.131. The molecule has 0 spiro atoms. The van der Waals surface area contributed by atoms with Gasteiger partial charge >= 0.3 is 0 Å². The molecular weight excluding hydrogens is 412 g/mol. The number of likely N-dealkylation sites (tertiary alicyclic amines) is 1. The van der Waals surface area contributed by atoms with E-state index < -0.39 is 0 Å². The van der Waals surface area contributed by atoms with Crippen LogP contribution in [-0.2, 0) is 22.6 Å². The first-order valence-corrected chi connectivity index (χ1v) is 11.6. The highest BCUT2D eigenvalue weighted by Gasteiger charge is 2.25. The van der Waals surface area contributed by atoms with E-state index in [-0.39, 0.29) is 17.9 Å². The molecule has 3 aromatic rings. The van der Waals surface area contributed by atoms with Crippen LogP contribution < -0.4 is 5.32 Å². The van der Waals surface area contributed by atoms with Crippen LogP contribution in [0.2, 0.25) is 0 Å². The summed E-state index contributed by atoms with van der Waals surface area (Å²) in [5, 5.41) is 8.18. The Morgan fingerprint density at radius 1 is 1.29 bits per heavy atom. The minimum atomic E-state index is 0.0357.